The first-order chi connectivity index (χ1) is 9.69. The lowest BCUT2D eigenvalue weighted by Crippen LogP contribution is -2.27. The number of ether oxygens (including phenoxy) is 1. The Bertz CT molecular complexity index is 384. The maximum absolute atomic E-state index is 10.4. The number of allylic oxidation sites excluding steroid dienone is 1. The van der Waals surface area contributed by atoms with Gasteiger partial charge in [0.15, 0.2) is 0 Å². The van der Waals surface area contributed by atoms with Crippen molar-refractivity contribution in [2.45, 2.75) is 65.3 Å². The quantitative estimate of drug-likeness (QED) is 0.532. The van der Waals surface area contributed by atoms with Crippen molar-refractivity contribution < 1.29 is 9.84 Å². The van der Waals surface area contributed by atoms with Crippen molar-refractivity contribution >= 4 is 0 Å². The van der Waals surface area contributed by atoms with E-state index >= 15 is 0 Å². The molecule has 2 nitrogen and oxygen atoms in total. The zero-order valence-electron chi connectivity index (χ0n) is 13.0. The van der Waals surface area contributed by atoms with Crippen LogP contribution in [0.5, 0.6) is 0 Å². The molecule has 1 rings (SSSR count). The van der Waals surface area contributed by atoms with E-state index in [9.17, 15) is 5.11 Å². The van der Waals surface area contributed by atoms with Crippen molar-refractivity contribution in [3.63, 3.8) is 0 Å². The van der Waals surface area contributed by atoms with Crippen LogP contribution in [0.2, 0.25) is 0 Å². The van der Waals surface area contributed by atoms with Gasteiger partial charge in [0, 0.05) is 0 Å². The molecule has 0 aromatic heterocycles. The molecule has 0 aliphatic rings. The van der Waals surface area contributed by atoms with Crippen LogP contribution in [0, 0.1) is 0 Å². The summed E-state index contributed by atoms with van der Waals surface area (Å²) in [6.07, 6.45) is 5.78. The lowest BCUT2D eigenvalue weighted by atomic mass is 10.0. The molecule has 0 unspecified atom stereocenters. The predicted octanol–water partition coefficient (Wildman–Crippen LogP) is 4.48. The van der Waals surface area contributed by atoms with Crippen LogP contribution in [0.1, 0.15) is 52.0 Å². The van der Waals surface area contributed by atoms with Crippen molar-refractivity contribution in [2.24, 2.45) is 0 Å². The van der Waals surface area contributed by atoms with Crippen LogP contribution in [-0.4, -0.2) is 17.3 Å². The normalized spacial score (nSPS) is 15.1. The summed E-state index contributed by atoms with van der Waals surface area (Å²) in [6.45, 7) is 6.76. The second kappa shape index (κ2) is 9.73. The fourth-order valence-corrected chi connectivity index (χ4v) is 2.16. The van der Waals surface area contributed by atoms with E-state index in [4.69, 9.17) is 4.74 Å². The summed E-state index contributed by atoms with van der Waals surface area (Å²) in [5.41, 5.74) is 2.23. The van der Waals surface area contributed by atoms with Gasteiger partial charge in [0.25, 0.3) is 0 Å². The Morgan fingerprint density at radius 1 is 1.25 bits per heavy atom. The van der Waals surface area contributed by atoms with E-state index in [-0.39, 0.29) is 6.10 Å². The minimum atomic E-state index is -0.499. The first kappa shape index (κ1) is 16.9. The van der Waals surface area contributed by atoms with Crippen LogP contribution in [-0.2, 0) is 11.3 Å². The summed E-state index contributed by atoms with van der Waals surface area (Å²) in [5, 5.41) is 10.4. The van der Waals surface area contributed by atoms with Crippen LogP contribution in [0.15, 0.2) is 42.0 Å². The fraction of sp³-hybridized carbons (Fsp3) is 0.556. The third kappa shape index (κ3) is 5.89. The van der Waals surface area contributed by atoms with Gasteiger partial charge in [0.05, 0.1) is 12.7 Å². The number of hydrogen-bond acceptors (Lipinski definition) is 2. The lowest BCUT2D eigenvalue weighted by Gasteiger charge is -2.22. The molecule has 2 atom stereocenters. The van der Waals surface area contributed by atoms with Gasteiger partial charge in [-0.05, 0) is 30.9 Å². The van der Waals surface area contributed by atoms with E-state index in [1.165, 1.54) is 12.8 Å². The smallest absolute Gasteiger partial charge is 0.101 e. The molecule has 0 heterocycles. The maximum atomic E-state index is 10.4. The van der Waals surface area contributed by atoms with Crippen molar-refractivity contribution in [1.29, 1.82) is 0 Å². The molecule has 0 fully saturated rings. The third-order valence-corrected chi connectivity index (χ3v) is 3.55. The molecule has 0 spiro atoms. The molecule has 0 bridgehead atoms. The Hall–Kier alpha value is -1.12. The number of rotatable bonds is 9. The summed E-state index contributed by atoms with van der Waals surface area (Å²) >= 11 is 0. The van der Waals surface area contributed by atoms with Gasteiger partial charge in [-0.1, -0.05) is 63.1 Å². The highest BCUT2D eigenvalue weighted by Crippen LogP contribution is 2.16. The van der Waals surface area contributed by atoms with Gasteiger partial charge in [-0.15, -0.1) is 0 Å². The highest BCUT2D eigenvalue weighted by atomic mass is 16.5. The molecule has 1 N–H and O–H groups in total. The Labute approximate surface area is 123 Å². The molecule has 0 aliphatic carbocycles. The number of hydrogen-bond donors (Lipinski definition) is 1. The van der Waals surface area contributed by atoms with Crippen molar-refractivity contribution in [3.8, 4) is 0 Å². The molecule has 20 heavy (non-hydrogen) atoms. The summed E-state index contributed by atoms with van der Waals surface area (Å²) in [5.74, 6) is 0. The van der Waals surface area contributed by atoms with Crippen LogP contribution in [0.25, 0.3) is 0 Å². The molecule has 1 aromatic rings. The number of aliphatic hydroxyl groups is 1. The van der Waals surface area contributed by atoms with Crippen molar-refractivity contribution in [3.05, 3.63) is 47.5 Å². The Balaban J connectivity index is 2.47. The molecule has 0 saturated heterocycles. The monoisotopic (exact) mass is 276 g/mol. The first-order valence-electron chi connectivity index (χ1n) is 7.71. The summed E-state index contributed by atoms with van der Waals surface area (Å²) < 4.78 is 5.79. The Morgan fingerprint density at radius 3 is 2.55 bits per heavy atom. The molecule has 0 aliphatic heterocycles. The molecule has 1 aromatic carbocycles. The highest BCUT2D eigenvalue weighted by molar-refractivity contribution is 5.14. The van der Waals surface area contributed by atoms with Gasteiger partial charge in [-0.3, -0.25) is 0 Å². The minimum absolute atomic E-state index is 0.178. The van der Waals surface area contributed by atoms with Gasteiger partial charge in [0.2, 0.25) is 0 Å². The van der Waals surface area contributed by atoms with Gasteiger partial charge in [-0.2, -0.15) is 0 Å². The topological polar surface area (TPSA) is 29.5 Å². The molecule has 112 valence electrons. The Kier molecular flexibility index (Phi) is 8.24. The zero-order valence-corrected chi connectivity index (χ0v) is 13.0. The predicted molar refractivity (Wildman–Crippen MR) is 84.6 cm³/mol. The average molecular weight is 276 g/mol. The lowest BCUT2D eigenvalue weighted by molar-refractivity contribution is -0.0207. The van der Waals surface area contributed by atoms with E-state index in [1.54, 1.807) is 0 Å². The molecule has 0 saturated carbocycles. The first-order valence-corrected chi connectivity index (χ1v) is 7.71. The van der Waals surface area contributed by atoms with Gasteiger partial charge in [0.1, 0.15) is 6.10 Å². The summed E-state index contributed by atoms with van der Waals surface area (Å²) in [6, 6.07) is 10.1. The molecule has 0 amide bonds. The number of unbranched alkanes of at least 4 members (excludes halogenated alkanes) is 2. The molecular weight excluding hydrogens is 248 g/mol. The minimum Gasteiger partial charge on any atom is -0.386 e. The molecular formula is C18H28O2. The van der Waals surface area contributed by atoms with E-state index in [0.29, 0.717) is 6.61 Å². The van der Waals surface area contributed by atoms with Gasteiger partial charge >= 0.3 is 0 Å². The van der Waals surface area contributed by atoms with E-state index < -0.39 is 6.10 Å². The Morgan fingerprint density at radius 2 is 1.95 bits per heavy atom. The standard InChI is InChI=1S/C18H28O2/c1-4-6-8-13-17(5-2)18(19)15(3)20-14-16-11-9-7-10-12-16/h7,9-13,15,18-19H,4-6,8,14H2,1-3H3/b17-13-/t15-,18+/m0/s1. The number of aliphatic hydroxyl groups excluding tert-OH is 1. The van der Waals surface area contributed by atoms with E-state index in [0.717, 1.165) is 24.0 Å². The van der Waals surface area contributed by atoms with E-state index in [1.807, 2.05) is 37.3 Å². The fourth-order valence-electron chi connectivity index (χ4n) is 2.16. The van der Waals surface area contributed by atoms with Crippen LogP contribution >= 0.6 is 0 Å². The number of benzene rings is 1. The third-order valence-electron chi connectivity index (χ3n) is 3.55. The van der Waals surface area contributed by atoms with Gasteiger partial charge < -0.3 is 9.84 Å². The van der Waals surface area contributed by atoms with Gasteiger partial charge in [-0.25, -0.2) is 0 Å². The highest BCUT2D eigenvalue weighted by Gasteiger charge is 2.18. The van der Waals surface area contributed by atoms with Crippen LogP contribution in [0.3, 0.4) is 0 Å². The van der Waals surface area contributed by atoms with Crippen molar-refractivity contribution in [1.82, 2.24) is 0 Å². The summed E-state index contributed by atoms with van der Waals surface area (Å²) in [4.78, 5) is 0. The van der Waals surface area contributed by atoms with E-state index in [2.05, 4.69) is 19.9 Å². The van der Waals surface area contributed by atoms with Crippen LogP contribution in [0.4, 0.5) is 0 Å². The second-order valence-electron chi connectivity index (χ2n) is 5.22. The largest absolute Gasteiger partial charge is 0.386 e. The summed E-state index contributed by atoms with van der Waals surface area (Å²) in [7, 11) is 0. The maximum Gasteiger partial charge on any atom is 0.101 e. The van der Waals surface area contributed by atoms with Crippen molar-refractivity contribution in [2.75, 3.05) is 0 Å². The molecule has 0 radical (unpaired) electrons. The zero-order chi connectivity index (χ0) is 14.8. The SMILES string of the molecule is CCCC/C=C(/CC)[C@H](O)[C@H](C)OCc1ccccc1. The molecule has 2 heteroatoms. The van der Waals surface area contributed by atoms with Crippen LogP contribution < -0.4 is 0 Å². The average Bonchev–Trinajstić information content (AvgIpc) is 2.49. The second-order valence-corrected chi connectivity index (χ2v) is 5.22.